The van der Waals surface area contributed by atoms with Gasteiger partial charge in [0.1, 0.15) is 0 Å². The summed E-state index contributed by atoms with van der Waals surface area (Å²) in [5.74, 6) is -1.19. The first-order chi connectivity index (χ1) is 5.99. The molecule has 4 nitrogen and oxygen atoms in total. The second kappa shape index (κ2) is 3.80. The maximum absolute atomic E-state index is 12.8. The number of aryl methyl sites for hydroxylation is 1. The van der Waals surface area contributed by atoms with Crippen LogP contribution in [0.2, 0.25) is 0 Å². The normalized spacial score (nSPS) is 11.5. The molecule has 0 aromatic carbocycles. The first-order valence-electron chi connectivity index (χ1n) is 3.53. The summed E-state index contributed by atoms with van der Waals surface area (Å²) in [5.41, 5.74) is 0.181. The van der Waals surface area contributed by atoms with Crippen LogP contribution in [-0.2, 0) is 16.5 Å². The van der Waals surface area contributed by atoms with Gasteiger partial charge >= 0.3 is 0 Å². The highest BCUT2D eigenvalue weighted by atomic mass is 32.2. The summed E-state index contributed by atoms with van der Waals surface area (Å²) in [5, 5.41) is 0. The molecule has 72 valence electrons. The lowest BCUT2D eigenvalue weighted by Gasteiger charge is -1.99. The highest BCUT2D eigenvalue weighted by Crippen LogP contribution is 2.04. The Morgan fingerprint density at radius 3 is 2.77 bits per heavy atom. The van der Waals surface area contributed by atoms with Crippen LogP contribution < -0.4 is 0 Å². The third kappa shape index (κ3) is 3.47. The second-order valence-electron chi connectivity index (χ2n) is 2.49. The van der Waals surface area contributed by atoms with Crippen molar-refractivity contribution in [3.63, 3.8) is 0 Å². The van der Waals surface area contributed by atoms with Gasteiger partial charge in [-0.1, -0.05) is 6.07 Å². The molecule has 1 rings (SSSR count). The van der Waals surface area contributed by atoms with E-state index in [9.17, 15) is 12.8 Å². The number of rotatable bonds is 3. The molecule has 0 atom stereocenters. The lowest BCUT2D eigenvalue weighted by Crippen LogP contribution is -2.08. The van der Waals surface area contributed by atoms with Crippen LogP contribution in [0.4, 0.5) is 4.39 Å². The summed E-state index contributed by atoms with van der Waals surface area (Å²) in [6, 6.07) is 2.93. The van der Waals surface area contributed by atoms with Crippen molar-refractivity contribution < 1.29 is 17.4 Å². The molecule has 1 aromatic rings. The molecule has 6 heteroatoms. The molecule has 0 saturated heterocycles. The molecule has 0 radical (unpaired) electrons. The standard InChI is InChI=1S/C7H8FNO3S/c8-7-6(2-1-4-9-7)3-5-13(10,11)12/h1-2,4H,3,5H2,(H,10,11,12). The van der Waals surface area contributed by atoms with Gasteiger partial charge in [-0.25, -0.2) is 4.98 Å². The van der Waals surface area contributed by atoms with Crippen molar-refractivity contribution in [1.82, 2.24) is 4.98 Å². The molecule has 0 amide bonds. The molecule has 0 aliphatic heterocycles. The molecule has 1 heterocycles. The molecule has 0 spiro atoms. The van der Waals surface area contributed by atoms with Gasteiger partial charge in [0, 0.05) is 11.8 Å². The SMILES string of the molecule is O=S(=O)(O)CCc1cccnc1F. The Kier molecular flexibility index (Phi) is 2.94. The average molecular weight is 205 g/mol. The highest BCUT2D eigenvalue weighted by molar-refractivity contribution is 7.85. The number of aromatic nitrogens is 1. The molecular formula is C7H8FNO3S. The zero-order valence-corrected chi connectivity index (χ0v) is 7.46. The van der Waals surface area contributed by atoms with E-state index >= 15 is 0 Å². The number of pyridine rings is 1. The topological polar surface area (TPSA) is 67.3 Å². The van der Waals surface area contributed by atoms with E-state index in [-0.39, 0.29) is 12.0 Å². The molecule has 0 aliphatic rings. The van der Waals surface area contributed by atoms with Gasteiger partial charge in [0.2, 0.25) is 5.95 Å². The van der Waals surface area contributed by atoms with E-state index in [2.05, 4.69) is 4.98 Å². The summed E-state index contributed by atoms with van der Waals surface area (Å²) in [6.07, 6.45) is 1.20. The summed E-state index contributed by atoms with van der Waals surface area (Å²) < 4.78 is 41.8. The predicted molar refractivity (Wildman–Crippen MR) is 44.3 cm³/mol. The van der Waals surface area contributed by atoms with E-state index in [0.717, 1.165) is 0 Å². The van der Waals surface area contributed by atoms with Crippen molar-refractivity contribution in [2.24, 2.45) is 0 Å². The van der Waals surface area contributed by atoms with Crippen LogP contribution in [0.3, 0.4) is 0 Å². The molecule has 1 aromatic heterocycles. The number of hydrogen-bond acceptors (Lipinski definition) is 3. The molecule has 1 N–H and O–H groups in total. The molecule has 0 unspecified atom stereocenters. The van der Waals surface area contributed by atoms with Crippen LogP contribution in [0.15, 0.2) is 18.3 Å². The van der Waals surface area contributed by atoms with Gasteiger partial charge < -0.3 is 0 Å². The van der Waals surface area contributed by atoms with Crippen LogP contribution >= 0.6 is 0 Å². The van der Waals surface area contributed by atoms with E-state index in [1.807, 2.05) is 0 Å². The number of hydrogen-bond donors (Lipinski definition) is 1. The number of nitrogens with zero attached hydrogens (tertiary/aromatic N) is 1. The van der Waals surface area contributed by atoms with Crippen molar-refractivity contribution in [2.45, 2.75) is 6.42 Å². The van der Waals surface area contributed by atoms with Gasteiger partial charge in [0.15, 0.2) is 0 Å². The first kappa shape index (κ1) is 10.1. The average Bonchev–Trinajstić information content (AvgIpc) is 2.01. The minimum absolute atomic E-state index is 0.0709. The minimum Gasteiger partial charge on any atom is -0.286 e. The molecular weight excluding hydrogens is 197 g/mol. The van der Waals surface area contributed by atoms with E-state index in [0.29, 0.717) is 0 Å². The first-order valence-corrected chi connectivity index (χ1v) is 5.14. The smallest absolute Gasteiger partial charge is 0.265 e. The van der Waals surface area contributed by atoms with Crippen LogP contribution in [0, 0.1) is 5.95 Å². The maximum Gasteiger partial charge on any atom is 0.265 e. The fourth-order valence-corrected chi connectivity index (χ4v) is 1.32. The molecule has 0 aliphatic carbocycles. The summed E-state index contributed by atoms with van der Waals surface area (Å²) in [4.78, 5) is 3.34. The lowest BCUT2D eigenvalue weighted by molar-refractivity contribution is 0.482. The van der Waals surface area contributed by atoms with Gasteiger partial charge in [-0.3, -0.25) is 4.55 Å². The largest absolute Gasteiger partial charge is 0.286 e. The van der Waals surface area contributed by atoms with Gasteiger partial charge in [-0.05, 0) is 12.5 Å². The summed E-state index contributed by atoms with van der Waals surface area (Å²) >= 11 is 0. The predicted octanol–water partition coefficient (Wildman–Crippen LogP) is 0.651. The molecule has 0 fully saturated rings. The monoisotopic (exact) mass is 205 g/mol. The summed E-state index contributed by atoms with van der Waals surface area (Å²) in [7, 11) is -4.03. The summed E-state index contributed by atoms with van der Waals surface area (Å²) in [6.45, 7) is 0. The zero-order chi connectivity index (χ0) is 9.90. The third-order valence-corrected chi connectivity index (χ3v) is 2.19. The van der Waals surface area contributed by atoms with Gasteiger partial charge in [0.05, 0.1) is 5.75 Å². The zero-order valence-electron chi connectivity index (χ0n) is 6.64. The van der Waals surface area contributed by atoms with Gasteiger partial charge in [-0.2, -0.15) is 12.8 Å². The fraction of sp³-hybridized carbons (Fsp3) is 0.286. The molecule has 0 bridgehead atoms. The van der Waals surface area contributed by atoms with Crippen LogP contribution in [-0.4, -0.2) is 23.7 Å². The third-order valence-electron chi connectivity index (χ3n) is 1.47. The van der Waals surface area contributed by atoms with Crippen LogP contribution in [0.1, 0.15) is 5.56 Å². The van der Waals surface area contributed by atoms with Crippen molar-refractivity contribution in [1.29, 1.82) is 0 Å². The second-order valence-corrected chi connectivity index (χ2v) is 4.06. The maximum atomic E-state index is 12.8. The van der Waals surface area contributed by atoms with E-state index < -0.39 is 21.8 Å². The van der Waals surface area contributed by atoms with Gasteiger partial charge in [-0.15, -0.1) is 0 Å². The molecule has 0 saturated carbocycles. The van der Waals surface area contributed by atoms with Crippen molar-refractivity contribution in [3.05, 3.63) is 29.8 Å². The van der Waals surface area contributed by atoms with Gasteiger partial charge in [0.25, 0.3) is 10.1 Å². The van der Waals surface area contributed by atoms with Crippen molar-refractivity contribution in [2.75, 3.05) is 5.75 Å². The lowest BCUT2D eigenvalue weighted by atomic mass is 10.2. The van der Waals surface area contributed by atoms with E-state index in [1.54, 1.807) is 0 Å². The van der Waals surface area contributed by atoms with Crippen LogP contribution in [0.25, 0.3) is 0 Å². The van der Waals surface area contributed by atoms with Crippen LogP contribution in [0.5, 0.6) is 0 Å². The Hall–Kier alpha value is -1.01. The van der Waals surface area contributed by atoms with E-state index in [4.69, 9.17) is 4.55 Å². The Balaban J connectivity index is 2.71. The molecule has 13 heavy (non-hydrogen) atoms. The van der Waals surface area contributed by atoms with Crippen molar-refractivity contribution >= 4 is 10.1 Å². The quantitative estimate of drug-likeness (QED) is 0.581. The van der Waals surface area contributed by atoms with E-state index in [1.165, 1.54) is 18.3 Å². The highest BCUT2D eigenvalue weighted by Gasteiger charge is 2.08. The fourth-order valence-electron chi connectivity index (χ4n) is 0.845. The Labute approximate surface area is 75.2 Å². The number of halogens is 1. The Bertz CT molecular complexity index is 390. The Morgan fingerprint density at radius 2 is 2.23 bits per heavy atom. The Morgan fingerprint density at radius 1 is 1.54 bits per heavy atom. The minimum atomic E-state index is -4.03. The van der Waals surface area contributed by atoms with Crippen molar-refractivity contribution in [3.8, 4) is 0 Å².